The number of halogens is 4. The van der Waals surface area contributed by atoms with E-state index >= 15 is 0 Å². The molecule has 0 fully saturated rings. The van der Waals surface area contributed by atoms with Gasteiger partial charge in [0.2, 0.25) is 5.78 Å². The lowest BCUT2D eigenvalue weighted by atomic mass is 10.0. The Balaban J connectivity index is 2.49. The maximum absolute atomic E-state index is 12.8. The van der Waals surface area contributed by atoms with Crippen LogP contribution >= 0.6 is 27.3 Å². The molecule has 94 valence electrons. The van der Waals surface area contributed by atoms with Gasteiger partial charge >= 0.3 is 6.18 Å². The number of alkyl halides is 3. The van der Waals surface area contributed by atoms with Crippen LogP contribution < -0.4 is 0 Å². The summed E-state index contributed by atoms with van der Waals surface area (Å²) >= 11 is 4.28. The Morgan fingerprint density at radius 1 is 1.22 bits per heavy atom. The van der Waals surface area contributed by atoms with Crippen molar-refractivity contribution in [1.82, 2.24) is 0 Å². The molecule has 6 heteroatoms. The third-order valence-electron chi connectivity index (χ3n) is 2.27. The molecular formula is C12H6BrF3OS. The summed E-state index contributed by atoms with van der Waals surface area (Å²) in [5.74, 6) is -0.612. The molecular weight excluding hydrogens is 329 g/mol. The van der Waals surface area contributed by atoms with Gasteiger partial charge in [0.05, 0.1) is 10.4 Å². The first-order valence-corrected chi connectivity index (χ1v) is 6.52. The highest BCUT2D eigenvalue weighted by Crippen LogP contribution is 2.33. The molecule has 0 N–H and O–H groups in total. The number of rotatable bonds is 2. The number of hydrogen-bond acceptors (Lipinski definition) is 2. The topological polar surface area (TPSA) is 17.1 Å². The van der Waals surface area contributed by atoms with Crippen LogP contribution in [-0.4, -0.2) is 5.78 Å². The lowest BCUT2D eigenvalue weighted by Crippen LogP contribution is -2.12. The number of hydrogen-bond donors (Lipinski definition) is 0. The number of ketones is 1. The molecule has 1 aromatic heterocycles. The second-order valence-corrected chi connectivity index (χ2v) is 5.33. The average molecular weight is 335 g/mol. The van der Waals surface area contributed by atoms with Crippen molar-refractivity contribution in [2.45, 2.75) is 6.18 Å². The van der Waals surface area contributed by atoms with Crippen molar-refractivity contribution in [3.8, 4) is 0 Å². The fraction of sp³-hybridized carbons (Fsp3) is 0.0833. The smallest absolute Gasteiger partial charge is 0.288 e. The summed E-state index contributed by atoms with van der Waals surface area (Å²) in [6.45, 7) is 0. The first kappa shape index (κ1) is 13.3. The molecule has 0 atom stereocenters. The molecule has 0 bridgehead atoms. The first-order chi connectivity index (χ1) is 8.39. The van der Waals surface area contributed by atoms with E-state index in [1.54, 1.807) is 5.38 Å². The van der Waals surface area contributed by atoms with E-state index in [4.69, 9.17) is 0 Å². The highest BCUT2D eigenvalue weighted by atomic mass is 79.9. The van der Waals surface area contributed by atoms with Crippen molar-refractivity contribution in [3.63, 3.8) is 0 Å². The van der Waals surface area contributed by atoms with Crippen molar-refractivity contribution in [2.24, 2.45) is 0 Å². The number of carbonyl (C=O) groups excluding carboxylic acids is 1. The maximum Gasteiger partial charge on any atom is 0.417 e. The summed E-state index contributed by atoms with van der Waals surface area (Å²) < 4.78 is 39.0. The molecule has 1 aromatic carbocycles. The van der Waals surface area contributed by atoms with E-state index in [0.29, 0.717) is 4.47 Å². The fourth-order valence-electron chi connectivity index (χ4n) is 1.49. The minimum absolute atomic E-state index is 0.276. The Hall–Kier alpha value is -1.14. The Kier molecular flexibility index (Phi) is 3.59. The van der Waals surface area contributed by atoms with Crippen LogP contribution in [0.25, 0.3) is 0 Å². The van der Waals surface area contributed by atoms with Crippen LogP contribution in [0.3, 0.4) is 0 Å². The SMILES string of the molecule is O=C(c1cc(Br)cs1)c1ccccc1C(F)(F)F. The zero-order valence-corrected chi connectivity index (χ0v) is 11.2. The van der Waals surface area contributed by atoms with Crippen LogP contribution in [0.1, 0.15) is 20.8 Å². The lowest BCUT2D eigenvalue weighted by molar-refractivity contribution is -0.137. The van der Waals surface area contributed by atoms with Gasteiger partial charge in [0.1, 0.15) is 0 Å². The van der Waals surface area contributed by atoms with Crippen LogP contribution in [0.4, 0.5) is 13.2 Å². The third kappa shape index (κ3) is 2.64. The van der Waals surface area contributed by atoms with Gasteiger partial charge in [-0.15, -0.1) is 11.3 Å². The molecule has 2 rings (SSSR count). The van der Waals surface area contributed by atoms with Crippen LogP contribution in [0, 0.1) is 0 Å². The molecule has 1 heterocycles. The van der Waals surface area contributed by atoms with E-state index < -0.39 is 17.5 Å². The van der Waals surface area contributed by atoms with Crippen molar-refractivity contribution in [1.29, 1.82) is 0 Å². The summed E-state index contributed by atoms with van der Waals surface area (Å²) in [7, 11) is 0. The highest BCUT2D eigenvalue weighted by Gasteiger charge is 2.35. The quantitative estimate of drug-likeness (QED) is 0.723. The van der Waals surface area contributed by atoms with E-state index in [9.17, 15) is 18.0 Å². The van der Waals surface area contributed by atoms with Crippen molar-refractivity contribution in [2.75, 3.05) is 0 Å². The minimum atomic E-state index is -4.53. The Bertz CT molecular complexity index is 589. The second-order valence-electron chi connectivity index (χ2n) is 3.50. The van der Waals surface area contributed by atoms with Gasteiger partial charge in [0, 0.05) is 15.4 Å². The van der Waals surface area contributed by atoms with Gasteiger partial charge in [-0.2, -0.15) is 13.2 Å². The van der Waals surface area contributed by atoms with Gasteiger partial charge in [0.25, 0.3) is 0 Å². The molecule has 0 aliphatic carbocycles. The molecule has 0 spiro atoms. The largest absolute Gasteiger partial charge is 0.417 e. The normalized spacial score (nSPS) is 11.6. The van der Waals surface area contributed by atoms with Gasteiger partial charge < -0.3 is 0 Å². The van der Waals surface area contributed by atoms with E-state index in [1.807, 2.05) is 0 Å². The van der Waals surface area contributed by atoms with Crippen LogP contribution in [-0.2, 0) is 6.18 Å². The number of thiophene rings is 1. The predicted octanol–water partition coefficient (Wildman–Crippen LogP) is 4.76. The van der Waals surface area contributed by atoms with Crippen molar-refractivity contribution >= 4 is 33.0 Å². The molecule has 0 aliphatic rings. The van der Waals surface area contributed by atoms with Gasteiger partial charge in [-0.05, 0) is 28.1 Å². The molecule has 0 aliphatic heterocycles. The maximum atomic E-state index is 12.8. The third-order valence-corrected chi connectivity index (χ3v) is 3.96. The summed E-state index contributed by atoms with van der Waals surface area (Å²) in [6.07, 6.45) is -4.53. The minimum Gasteiger partial charge on any atom is -0.288 e. The average Bonchev–Trinajstić information content (AvgIpc) is 2.74. The standard InChI is InChI=1S/C12H6BrF3OS/c13-7-5-10(18-6-7)11(17)8-3-1-2-4-9(8)12(14,15)16/h1-6H. The van der Waals surface area contributed by atoms with Gasteiger partial charge in [-0.25, -0.2) is 0 Å². The van der Waals surface area contributed by atoms with E-state index in [2.05, 4.69) is 15.9 Å². The fourth-order valence-corrected chi connectivity index (χ4v) is 2.87. The zero-order chi connectivity index (χ0) is 13.3. The highest BCUT2D eigenvalue weighted by molar-refractivity contribution is 9.10. The van der Waals surface area contributed by atoms with Crippen LogP contribution in [0.2, 0.25) is 0 Å². The Labute approximate surface area is 113 Å². The molecule has 0 saturated carbocycles. The van der Waals surface area contributed by atoms with Crippen LogP contribution in [0.5, 0.6) is 0 Å². The predicted molar refractivity (Wildman–Crippen MR) is 66.9 cm³/mol. The molecule has 0 saturated heterocycles. The summed E-state index contributed by atoms with van der Waals surface area (Å²) in [4.78, 5) is 12.3. The monoisotopic (exact) mass is 334 g/mol. The first-order valence-electron chi connectivity index (χ1n) is 4.84. The number of carbonyl (C=O) groups is 1. The molecule has 2 aromatic rings. The number of benzene rings is 1. The zero-order valence-electron chi connectivity index (χ0n) is 8.79. The summed E-state index contributed by atoms with van der Waals surface area (Å²) in [5, 5.41) is 1.66. The molecule has 0 unspecified atom stereocenters. The van der Waals surface area contributed by atoms with Crippen LogP contribution in [0.15, 0.2) is 40.2 Å². The van der Waals surface area contributed by atoms with E-state index in [1.165, 1.54) is 24.3 Å². The van der Waals surface area contributed by atoms with Gasteiger partial charge in [-0.3, -0.25) is 4.79 Å². The molecule has 18 heavy (non-hydrogen) atoms. The van der Waals surface area contributed by atoms with Crippen molar-refractivity contribution in [3.05, 3.63) is 56.2 Å². The van der Waals surface area contributed by atoms with E-state index in [-0.39, 0.29) is 10.4 Å². The molecule has 0 radical (unpaired) electrons. The molecule has 1 nitrogen and oxygen atoms in total. The summed E-state index contributed by atoms with van der Waals surface area (Å²) in [5.41, 5.74) is -1.22. The lowest BCUT2D eigenvalue weighted by Gasteiger charge is -2.10. The summed E-state index contributed by atoms with van der Waals surface area (Å²) in [6, 6.07) is 6.31. The van der Waals surface area contributed by atoms with Gasteiger partial charge in [0.15, 0.2) is 0 Å². The molecule has 0 amide bonds. The Morgan fingerprint density at radius 2 is 1.89 bits per heavy atom. The van der Waals surface area contributed by atoms with Crippen molar-refractivity contribution < 1.29 is 18.0 Å². The Morgan fingerprint density at radius 3 is 2.44 bits per heavy atom. The van der Waals surface area contributed by atoms with E-state index in [0.717, 1.165) is 17.4 Å². The van der Waals surface area contributed by atoms with Gasteiger partial charge in [-0.1, -0.05) is 18.2 Å². The second kappa shape index (κ2) is 4.85.